The molecule has 0 amide bonds. The lowest BCUT2D eigenvalue weighted by molar-refractivity contribution is -0.297. The highest BCUT2D eigenvalue weighted by Gasteiger charge is 2.03. The third kappa shape index (κ3) is 2.59. The molecule has 0 aliphatic heterocycles. The fourth-order valence-electron chi connectivity index (χ4n) is 0.782. The average molecular weight is 179 g/mol. The van der Waals surface area contributed by atoms with E-state index in [1.807, 2.05) is 0 Å². The molecule has 4 nitrogen and oxygen atoms in total. The number of carbonyl (C=O) groups is 2. The lowest BCUT2D eigenvalue weighted by Crippen LogP contribution is -2.18. The second-order valence-electron chi connectivity index (χ2n) is 2.41. The molecule has 0 aromatic carbocycles. The van der Waals surface area contributed by atoms with Crippen LogP contribution >= 0.6 is 0 Å². The Bertz CT molecular complexity index is 359. The molecule has 0 unspecified atom stereocenters. The maximum absolute atomic E-state index is 10.8. The Morgan fingerprint density at radius 2 is 2.15 bits per heavy atom. The van der Waals surface area contributed by atoms with Crippen molar-refractivity contribution in [3.05, 3.63) is 29.7 Å². The van der Waals surface area contributed by atoms with Gasteiger partial charge in [0.1, 0.15) is 5.76 Å². The van der Waals surface area contributed by atoms with Crippen LogP contribution in [0.5, 0.6) is 0 Å². The van der Waals surface area contributed by atoms with E-state index >= 15 is 0 Å². The fourth-order valence-corrected chi connectivity index (χ4v) is 0.782. The Labute approximate surface area is 74.5 Å². The van der Waals surface area contributed by atoms with Gasteiger partial charge < -0.3 is 14.3 Å². The summed E-state index contributed by atoms with van der Waals surface area (Å²) in [4.78, 5) is 20.8. The van der Waals surface area contributed by atoms with Crippen molar-refractivity contribution in [2.75, 3.05) is 0 Å². The molecule has 0 bridgehead atoms. The van der Waals surface area contributed by atoms with Gasteiger partial charge in [0.05, 0.1) is 5.97 Å². The van der Waals surface area contributed by atoms with Crippen LogP contribution in [0, 0.1) is 0 Å². The molecule has 0 fully saturated rings. The molecule has 0 aliphatic rings. The molecule has 1 aromatic heterocycles. The minimum atomic E-state index is -1.30. The molecular weight excluding hydrogens is 172 g/mol. The Balaban J connectivity index is 2.80. The van der Waals surface area contributed by atoms with Crippen LogP contribution in [-0.4, -0.2) is 11.8 Å². The Hall–Kier alpha value is -1.84. The van der Waals surface area contributed by atoms with Crippen LogP contribution in [0.15, 0.2) is 22.6 Å². The van der Waals surface area contributed by atoms with Gasteiger partial charge in [0, 0.05) is 6.92 Å². The summed E-state index contributed by atoms with van der Waals surface area (Å²) in [7, 11) is 0. The molecule has 13 heavy (non-hydrogen) atoms. The number of carboxylic acids is 1. The third-order valence-electron chi connectivity index (χ3n) is 1.36. The second kappa shape index (κ2) is 3.71. The van der Waals surface area contributed by atoms with Gasteiger partial charge in [-0.3, -0.25) is 4.79 Å². The molecule has 0 saturated carbocycles. The first-order valence-electron chi connectivity index (χ1n) is 3.59. The molecule has 0 N–H and O–H groups in total. The minimum absolute atomic E-state index is 0.201. The zero-order valence-electron chi connectivity index (χ0n) is 6.94. The van der Waals surface area contributed by atoms with Gasteiger partial charge in [-0.1, -0.05) is 0 Å². The topological polar surface area (TPSA) is 70.3 Å². The monoisotopic (exact) mass is 179 g/mol. The van der Waals surface area contributed by atoms with E-state index < -0.39 is 5.97 Å². The van der Waals surface area contributed by atoms with Crippen molar-refractivity contribution < 1.29 is 19.1 Å². The maximum atomic E-state index is 10.8. The fraction of sp³-hybridized carbons (Fsp3) is 0.111. The number of carbonyl (C=O) groups excluding carboxylic acids is 2. The molecule has 0 atom stereocenters. The van der Waals surface area contributed by atoms with Gasteiger partial charge >= 0.3 is 0 Å². The van der Waals surface area contributed by atoms with E-state index in [0.717, 1.165) is 6.08 Å². The van der Waals surface area contributed by atoms with Crippen molar-refractivity contribution in [1.29, 1.82) is 0 Å². The lowest BCUT2D eigenvalue weighted by atomic mass is 10.3. The van der Waals surface area contributed by atoms with E-state index in [1.54, 1.807) is 0 Å². The summed E-state index contributed by atoms with van der Waals surface area (Å²) >= 11 is 0. The molecule has 0 radical (unpaired) electrons. The lowest BCUT2D eigenvalue weighted by Gasteiger charge is -1.89. The highest BCUT2D eigenvalue weighted by molar-refractivity contribution is 5.91. The summed E-state index contributed by atoms with van der Waals surface area (Å²) in [6, 6.07) is 2.99. The van der Waals surface area contributed by atoms with E-state index in [0.29, 0.717) is 5.76 Å². The molecule has 1 heterocycles. The zero-order valence-corrected chi connectivity index (χ0v) is 6.94. The second-order valence-corrected chi connectivity index (χ2v) is 2.41. The molecule has 0 spiro atoms. The van der Waals surface area contributed by atoms with Crippen molar-refractivity contribution in [3.8, 4) is 0 Å². The molecule has 4 heteroatoms. The normalized spacial score (nSPS) is 10.5. The molecular formula is C9H7O4-. The van der Waals surface area contributed by atoms with Gasteiger partial charge in [-0.25, -0.2) is 0 Å². The van der Waals surface area contributed by atoms with E-state index in [1.165, 1.54) is 25.1 Å². The first-order chi connectivity index (χ1) is 6.09. The summed E-state index contributed by atoms with van der Waals surface area (Å²) in [6.45, 7) is 1.37. The number of rotatable bonds is 3. The Morgan fingerprint density at radius 1 is 1.46 bits per heavy atom. The third-order valence-corrected chi connectivity index (χ3v) is 1.36. The largest absolute Gasteiger partial charge is 0.545 e. The molecule has 0 saturated heterocycles. The number of aliphatic carboxylic acids is 1. The number of Topliss-reactive ketones (excluding diaryl/α,β-unsaturated/α-hetero) is 1. The number of ketones is 1. The molecule has 68 valence electrons. The van der Waals surface area contributed by atoms with E-state index in [-0.39, 0.29) is 11.5 Å². The standard InChI is InChI=1S/C9H8O4/c1-6(10)8-4-2-7(13-8)3-5-9(11)12/h2-5H,1H3,(H,11,12)/p-1. The number of hydrogen-bond donors (Lipinski definition) is 0. The highest BCUT2D eigenvalue weighted by atomic mass is 16.4. The average Bonchev–Trinajstić information content (AvgIpc) is 2.48. The van der Waals surface area contributed by atoms with Gasteiger partial charge in [0.15, 0.2) is 11.5 Å². The van der Waals surface area contributed by atoms with Crippen LogP contribution in [0.3, 0.4) is 0 Å². The first kappa shape index (κ1) is 9.25. The molecule has 0 aliphatic carbocycles. The summed E-state index contributed by atoms with van der Waals surface area (Å²) < 4.78 is 4.97. The van der Waals surface area contributed by atoms with E-state index in [4.69, 9.17) is 4.42 Å². The Morgan fingerprint density at radius 3 is 2.62 bits per heavy atom. The van der Waals surface area contributed by atoms with Gasteiger partial charge in [0.2, 0.25) is 0 Å². The number of furan rings is 1. The van der Waals surface area contributed by atoms with Gasteiger partial charge in [-0.2, -0.15) is 0 Å². The van der Waals surface area contributed by atoms with Crippen molar-refractivity contribution >= 4 is 17.8 Å². The molecule has 1 rings (SSSR count). The predicted molar refractivity (Wildman–Crippen MR) is 42.8 cm³/mol. The number of hydrogen-bond acceptors (Lipinski definition) is 4. The first-order valence-corrected chi connectivity index (χ1v) is 3.59. The SMILES string of the molecule is CC(=O)c1ccc(C=CC(=O)[O-])o1. The van der Waals surface area contributed by atoms with Crippen molar-refractivity contribution in [2.24, 2.45) is 0 Å². The molecule has 1 aromatic rings. The van der Waals surface area contributed by atoms with E-state index in [2.05, 4.69) is 0 Å². The smallest absolute Gasteiger partial charge is 0.194 e. The summed E-state index contributed by atoms with van der Waals surface area (Å²) in [5.74, 6) is -0.985. The highest BCUT2D eigenvalue weighted by Crippen LogP contribution is 2.09. The van der Waals surface area contributed by atoms with Crippen LogP contribution in [0.2, 0.25) is 0 Å². The van der Waals surface area contributed by atoms with Crippen LogP contribution in [0.4, 0.5) is 0 Å². The van der Waals surface area contributed by atoms with Crippen LogP contribution < -0.4 is 5.11 Å². The quantitative estimate of drug-likeness (QED) is 0.492. The summed E-state index contributed by atoms with van der Waals surface area (Å²) in [5.41, 5.74) is 0. The number of carboxylic acid groups (broad SMARTS) is 1. The van der Waals surface area contributed by atoms with Gasteiger partial charge in [0.25, 0.3) is 0 Å². The van der Waals surface area contributed by atoms with E-state index in [9.17, 15) is 14.7 Å². The van der Waals surface area contributed by atoms with Crippen molar-refractivity contribution in [2.45, 2.75) is 6.92 Å². The Kier molecular flexibility index (Phi) is 2.64. The zero-order chi connectivity index (χ0) is 9.84. The van der Waals surface area contributed by atoms with Gasteiger partial charge in [-0.15, -0.1) is 0 Å². The predicted octanol–water partition coefficient (Wildman–Crippen LogP) is 0.245. The maximum Gasteiger partial charge on any atom is 0.194 e. The summed E-state index contributed by atoms with van der Waals surface area (Å²) in [5, 5.41) is 10.0. The summed E-state index contributed by atoms with van der Waals surface area (Å²) in [6.07, 6.45) is 2.06. The van der Waals surface area contributed by atoms with Crippen molar-refractivity contribution in [1.82, 2.24) is 0 Å². The van der Waals surface area contributed by atoms with Gasteiger partial charge in [-0.05, 0) is 24.3 Å². The van der Waals surface area contributed by atoms with Crippen LogP contribution in [0.25, 0.3) is 6.08 Å². The van der Waals surface area contributed by atoms with Crippen LogP contribution in [-0.2, 0) is 4.79 Å². The van der Waals surface area contributed by atoms with Crippen LogP contribution in [0.1, 0.15) is 23.2 Å². The minimum Gasteiger partial charge on any atom is -0.545 e. The van der Waals surface area contributed by atoms with Crippen molar-refractivity contribution in [3.63, 3.8) is 0 Å².